The molecule has 0 spiro atoms. The van der Waals surface area contributed by atoms with Crippen molar-refractivity contribution in [1.29, 1.82) is 0 Å². The van der Waals surface area contributed by atoms with E-state index in [1.807, 2.05) is 0 Å². The van der Waals surface area contributed by atoms with Crippen molar-refractivity contribution in [3.63, 3.8) is 0 Å². The van der Waals surface area contributed by atoms with E-state index in [1.165, 1.54) is 96.3 Å². The number of unbranched alkanes of at least 4 members (excludes halogenated alkanes) is 17. The van der Waals surface area contributed by atoms with Crippen molar-refractivity contribution in [2.75, 3.05) is 6.54 Å². The molecule has 2 unspecified atom stereocenters. The second-order valence-electron chi connectivity index (χ2n) is 9.89. The fraction of sp³-hybridized carbons (Fsp3) is 1.00. The van der Waals surface area contributed by atoms with Gasteiger partial charge in [0, 0.05) is 12.5 Å². The van der Waals surface area contributed by atoms with Crippen LogP contribution in [0.25, 0.3) is 0 Å². The van der Waals surface area contributed by atoms with Crippen LogP contribution in [0.3, 0.4) is 0 Å². The molecule has 32 heavy (non-hydrogen) atoms. The van der Waals surface area contributed by atoms with E-state index in [2.05, 4.69) is 26.1 Å². The fourth-order valence-corrected chi connectivity index (χ4v) is 5.00. The number of rotatable bonds is 25. The summed E-state index contributed by atoms with van der Waals surface area (Å²) in [5, 5.41) is 12.1. The van der Waals surface area contributed by atoms with Crippen molar-refractivity contribution >= 4 is 8.03 Å². The van der Waals surface area contributed by atoms with Crippen LogP contribution in [0.15, 0.2) is 0 Å². The number of hydrogen-bond acceptors (Lipinski definition) is 4. The maximum absolute atomic E-state index is 11.6. The molecule has 0 radical (unpaired) electrons. The molecule has 0 aliphatic heterocycles. The SMILES string of the molecule is CCCCCCCCCCCCCCCCCCCCC(O)(CNC(CC)CC)[P+](=O)[O-]. The van der Waals surface area contributed by atoms with Crippen molar-refractivity contribution < 1.29 is 14.6 Å². The summed E-state index contributed by atoms with van der Waals surface area (Å²) >= 11 is 0. The average molecular weight is 474 g/mol. The van der Waals surface area contributed by atoms with Crippen LogP contribution in [-0.4, -0.2) is 23.0 Å². The summed E-state index contributed by atoms with van der Waals surface area (Å²) in [6.07, 6.45) is 25.9. The zero-order valence-corrected chi connectivity index (χ0v) is 22.7. The first-order valence-electron chi connectivity index (χ1n) is 14.1. The smallest absolute Gasteiger partial charge is 0.345 e. The second kappa shape index (κ2) is 22.8. The molecule has 0 aromatic carbocycles. The highest BCUT2D eigenvalue weighted by Crippen LogP contribution is 2.34. The van der Waals surface area contributed by atoms with Gasteiger partial charge in [0.1, 0.15) is 0 Å². The van der Waals surface area contributed by atoms with Crippen LogP contribution >= 0.6 is 8.03 Å². The third-order valence-electron chi connectivity index (χ3n) is 6.93. The number of hydrogen-bond donors (Lipinski definition) is 2. The van der Waals surface area contributed by atoms with E-state index in [0.29, 0.717) is 6.42 Å². The van der Waals surface area contributed by atoms with E-state index in [4.69, 9.17) is 0 Å². The van der Waals surface area contributed by atoms with E-state index in [0.717, 1.165) is 32.1 Å². The van der Waals surface area contributed by atoms with Crippen LogP contribution in [-0.2, 0) is 4.57 Å². The summed E-state index contributed by atoms with van der Waals surface area (Å²) in [6, 6.07) is 0.275. The van der Waals surface area contributed by atoms with Gasteiger partial charge in [-0.05, 0) is 19.3 Å². The molecule has 0 rings (SSSR count). The molecule has 0 fully saturated rings. The van der Waals surface area contributed by atoms with Gasteiger partial charge in [-0.3, -0.25) is 0 Å². The average Bonchev–Trinajstić information content (AvgIpc) is 2.78. The molecular weight excluding hydrogens is 417 g/mol. The minimum absolute atomic E-state index is 0.150. The maximum Gasteiger partial charge on any atom is 0.345 e. The summed E-state index contributed by atoms with van der Waals surface area (Å²) in [7, 11) is -2.84. The second-order valence-corrected chi connectivity index (χ2v) is 11.2. The van der Waals surface area contributed by atoms with E-state index in [-0.39, 0.29) is 12.6 Å². The van der Waals surface area contributed by atoms with Crippen LogP contribution in [0.5, 0.6) is 0 Å². The number of aliphatic hydroxyl groups is 1. The van der Waals surface area contributed by atoms with Crippen molar-refractivity contribution in [2.24, 2.45) is 0 Å². The van der Waals surface area contributed by atoms with Gasteiger partial charge in [0.25, 0.3) is 5.34 Å². The first kappa shape index (κ1) is 32.0. The van der Waals surface area contributed by atoms with Crippen LogP contribution in [0.2, 0.25) is 0 Å². The van der Waals surface area contributed by atoms with Gasteiger partial charge in [0.05, 0.1) is 6.54 Å². The Bertz CT molecular complexity index is 418. The summed E-state index contributed by atoms with van der Waals surface area (Å²) < 4.78 is 11.6. The fourth-order valence-electron chi connectivity index (χ4n) is 4.44. The lowest BCUT2D eigenvalue weighted by Crippen LogP contribution is -2.43. The first-order chi connectivity index (χ1) is 15.5. The van der Waals surface area contributed by atoms with Gasteiger partial charge in [-0.15, -0.1) is 0 Å². The first-order valence-corrected chi connectivity index (χ1v) is 15.3. The molecule has 5 heteroatoms. The lowest BCUT2D eigenvalue weighted by atomic mass is 10.0. The zero-order chi connectivity index (χ0) is 23.9. The largest absolute Gasteiger partial charge is 0.593 e. The Balaban J connectivity index is 3.51. The molecule has 2 N–H and O–H groups in total. The number of nitrogens with one attached hydrogen (secondary N) is 1. The summed E-state index contributed by atoms with van der Waals surface area (Å²) in [6.45, 7) is 6.58. The molecule has 4 nitrogen and oxygen atoms in total. The zero-order valence-electron chi connectivity index (χ0n) is 21.8. The maximum atomic E-state index is 11.6. The summed E-state index contributed by atoms with van der Waals surface area (Å²) in [5.41, 5.74) is 0. The van der Waals surface area contributed by atoms with Gasteiger partial charge in [0.2, 0.25) is 0 Å². The Kier molecular flexibility index (Phi) is 22.7. The summed E-state index contributed by atoms with van der Waals surface area (Å²) in [4.78, 5) is 11.6. The van der Waals surface area contributed by atoms with Crippen LogP contribution < -0.4 is 10.2 Å². The predicted molar refractivity (Wildman–Crippen MR) is 138 cm³/mol. The molecule has 0 aliphatic rings. The third kappa shape index (κ3) is 18.4. The van der Waals surface area contributed by atoms with Gasteiger partial charge in [-0.1, -0.05) is 134 Å². The lowest BCUT2D eigenvalue weighted by Gasteiger charge is -2.23. The van der Waals surface area contributed by atoms with Crippen LogP contribution in [0.4, 0.5) is 0 Å². The molecule has 2 atom stereocenters. The highest BCUT2D eigenvalue weighted by molar-refractivity contribution is 7.38. The van der Waals surface area contributed by atoms with Crippen molar-refractivity contribution in [2.45, 2.75) is 167 Å². The highest BCUT2D eigenvalue weighted by Gasteiger charge is 2.40. The molecule has 0 aliphatic carbocycles. The van der Waals surface area contributed by atoms with E-state index >= 15 is 0 Å². The topological polar surface area (TPSA) is 72.4 Å². The van der Waals surface area contributed by atoms with Crippen molar-refractivity contribution in [1.82, 2.24) is 5.32 Å². The Hall–Kier alpha value is -0.0200. The van der Waals surface area contributed by atoms with E-state index in [1.54, 1.807) is 0 Å². The quantitative estimate of drug-likeness (QED) is 0.104. The van der Waals surface area contributed by atoms with Gasteiger partial charge < -0.3 is 15.3 Å². The molecule has 0 aromatic heterocycles. The molecule has 0 amide bonds. The Morgan fingerprint density at radius 3 is 1.34 bits per heavy atom. The van der Waals surface area contributed by atoms with E-state index in [9.17, 15) is 14.6 Å². The molecule has 0 heterocycles. The molecular formula is C27H56NO3P. The van der Waals surface area contributed by atoms with Gasteiger partial charge in [-0.2, -0.15) is 0 Å². The lowest BCUT2D eigenvalue weighted by molar-refractivity contribution is -0.179. The minimum atomic E-state index is -2.84. The van der Waals surface area contributed by atoms with Crippen LogP contribution in [0, 0.1) is 0 Å². The van der Waals surface area contributed by atoms with Gasteiger partial charge >= 0.3 is 8.03 Å². The minimum Gasteiger partial charge on any atom is -0.593 e. The van der Waals surface area contributed by atoms with Crippen molar-refractivity contribution in [3.8, 4) is 0 Å². The Labute approximate surface area is 201 Å². The Morgan fingerprint density at radius 2 is 1.03 bits per heavy atom. The van der Waals surface area contributed by atoms with Gasteiger partial charge in [0.15, 0.2) is 0 Å². The van der Waals surface area contributed by atoms with Crippen molar-refractivity contribution in [3.05, 3.63) is 0 Å². The standard InChI is InChI=1S/C27H56NO3P/c1-4-7-8-9-10-11-12-13-14-15-16-17-18-19-20-21-22-23-24-27(29,32(30)31)25-28-26(5-2)6-3/h26,28-29H,4-25H2,1-3H3. The van der Waals surface area contributed by atoms with Gasteiger partial charge in [-0.25, -0.2) is 0 Å². The van der Waals surface area contributed by atoms with Crippen LogP contribution in [0.1, 0.15) is 156 Å². The highest BCUT2D eigenvalue weighted by atomic mass is 31.1. The molecule has 192 valence electrons. The normalized spacial score (nSPS) is 14.1. The Morgan fingerprint density at radius 1 is 0.688 bits per heavy atom. The molecule has 0 bridgehead atoms. The molecule has 0 aromatic rings. The third-order valence-corrected chi connectivity index (χ3v) is 7.99. The van der Waals surface area contributed by atoms with E-state index < -0.39 is 13.4 Å². The predicted octanol–water partition coefficient (Wildman–Crippen LogP) is 7.99. The summed E-state index contributed by atoms with van der Waals surface area (Å²) in [5.74, 6) is 0. The molecule has 0 saturated heterocycles. The molecule has 0 saturated carbocycles. The monoisotopic (exact) mass is 473 g/mol.